The van der Waals surface area contributed by atoms with E-state index >= 15 is 0 Å². The maximum atomic E-state index is 3.56. The fourth-order valence-electron chi connectivity index (χ4n) is 2.67. The van der Waals surface area contributed by atoms with Crippen LogP contribution in [-0.2, 0) is 6.42 Å². The maximum Gasteiger partial charge on any atom is -0.000664 e. The zero-order chi connectivity index (χ0) is 12.6. The van der Waals surface area contributed by atoms with Crippen LogP contribution >= 0.6 is 0 Å². The lowest BCUT2D eigenvalue weighted by Gasteiger charge is -2.14. The Labute approximate surface area is 111 Å². The monoisotopic (exact) mass is 246 g/mol. The van der Waals surface area contributed by atoms with E-state index in [1.807, 2.05) is 0 Å². The van der Waals surface area contributed by atoms with Gasteiger partial charge >= 0.3 is 0 Å². The molecule has 100 valence electrons. The molecule has 2 nitrogen and oxygen atoms in total. The van der Waals surface area contributed by atoms with Crippen molar-refractivity contribution in [1.29, 1.82) is 0 Å². The predicted molar refractivity (Wildman–Crippen MR) is 78.0 cm³/mol. The highest BCUT2D eigenvalue weighted by atomic mass is 15.1. The van der Waals surface area contributed by atoms with Gasteiger partial charge in [-0.1, -0.05) is 24.3 Å². The van der Waals surface area contributed by atoms with Gasteiger partial charge in [-0.3, -0.25) is 0 Å². The molecular formula is C16H26N2. The van der Waals surface area contributed by atoms with Gasteiger partial charge in [-0.15, -0.1) is 0 Å². The van der Waals surface area contributed by atoms with Crippen molar-refractivity contribution >= 4 is 0 Å². The van der Waals surface area contributed by atoms with Crippen molar-refractivity contribution < 1.29 is 0 Å². The summed E-state index contributed by atoms with van der Waals surface area (Å²) in [6.07, 6.45) is 5.24. The lowest BCUT2D eigenvalue weighted by molar-refractivity contribution is 0.331. The molecule has 1 aliphatic heterocycles. The molecule has 0 amide bonds. The van der Waals surface area contributed by atoms with Crippen LogP contribution in [0.1, 0.15) is 30.4 Å². The lowest BCUT2D eigenvalue weighted by atomic mass is 10.1. The summed E-state index contributed by atoms with van der Waals surface area (Å²) >= 11 is 0. The van der Waals surface area contributed by atoms with Gasteiger partial charge in [-0.2, -0.15) is 0 Å². The zero-order valence-electron chi connectivity index (χ0n) is 11.6. The molecule has 0 saturated carbocycles. The first kappa shape index (κ1) is 13.6. The van der Waals surface area contributed by atoms with Crippen LogP contribution in [0.3, 0.4) is 0 Å². The Balaban J connectivity index is 1.52. The molecule has 0 aliphatic carbocycles. The molecule has 1 N–H and O–H groups in total. The third-order valence-corrected chi connectivity index (χ3v) is 3.86. The average Bonchev–Trinajstić information content (AvgIpc) is 2.89. The Kier molecular flexibility index (Phi) is 5.69. The van der Waals surface area contributed by atoms with Gasteiger partial charge < -0.3 is 10.2 Å². The lowest BCUT2D eigenvalue weighted by Crippen LogP contribution is -2.25. The smallest absolute Gasteiger partial charge is 0.000664 e. The molecule has 0 atom stereocenters. The van der Waals surface area contributed by atoms with Crippen LogP contribution in [0.25, 0.3) is 0 Å². The summed E-state index contributed by atoms with van der Waals surface area (Å²) in [4.78, 5) is 2.59. The molecule has 0 spiro atoms. The quantitative estimate of drug-likeness (QED) is 0.744. The molecule has 1 heterocycles. The van der Waals surface area contributed by atoms with Gasteiger partial charge in [-0.25, -0.2) is 0 Å². The number of rotatable bonds is 7. The Morgan fingerprint density at radius 1 is 1.11 bits per heavy atom. The summed E-state index contributed by atoms with van der Waals surface area (Å²) in [7, 11) is 0. The van der Waals surface area contributed by atoms with Crippen LogP contribution in [0.5, 0.6) is 0 Å². The second kappa shape index (κ2) is 7.55. The second-order valence-electron chi connectivity index (χ2n) is 5.33. The molecule has 0 radical (unpaired) electrons. The summed E-state index contributed by atoms with van der Waals surface area (Å²) in [5.74, 6) is 0. The fourth-order valence-corrected chi connectivity index (χ4v) is 2.67. The largest absolute Gasteiger partial charge is 0.316 e. The van der Waals surface area contributed by atoms with E-state index in [4.69, 9.17) is 0 Å². The van der Waals surface area contributed by atoms with Crippen LogP contribution in [0.2, 0.25) is 0 Å². The van der Waals surface area contributed by atoms with E-state index in [0.717, 1.165) is 19.5 Å². The number of likely N-dealkylation sites (tertiary alicyclic amines) is 1. The van der Waals surface area contributed by atoms with E-state index in [0.29, 0.717) is 0 Å². The molecule has 1 saturated heterocycles. The first-order valence-electron chi connectivity index (χ1n) is 7.34. The van der Waals surface area contributed by atoms with Crippen LogP contribution in [0.15, 0.2) is 24.3 Å². The predicted octanol–water partition coefficient (Wildman–Crippen LogP) is 2.61. The minimum atomic E-state index is 1.10. The molecule has 0 aromatic heterocycles. The molecule has 0 bridgehead atoms. The summed E-state index contributed by atoms with van der Waals surface area (Å²) in [5.41, 5.74) is 2.89. The molecule has 2 heteroatoms. The number of hydrogen-bond acceptors (Lipinski definition) is 2. The van der Waals surface area contributed by atoms with Gasteiger partial charge in [0.1, 0.15) is 0 Å². The summed E-state index contributed by atoms with van der Waals surface area (Å²) < 4.78 is 0. The minimum absolute atomic E-state index is 1.10. The molecule has 18 heavy (non-hydrogen) atoms. The van der Waals surface area contributed by atoms with Crippen molar-refractivity contribution in [2.24, 2.45) is 0 Å². The Morgan fingerprint density at radius 2 is 1.89 bits per heavy atom. The van der Waals surface area contributed by atoms with Crippen molar-refractivity contribution in [3.05, 3.63) is 35.4 Å². The Hall–Kier alpha value is -0.860. The maximum absolute atomic E-state index is 3.56. The normalized spacial score (nSPS) is 16.3. The summed E-state index contributed by atoms with van der Waals surface area (Å²) in [6, 6.07) is 8.68. The highest BCUT2D eigenvalue weighted by Gasteiger charge is 2.09. The first-order valence-corrected chi connectivity index (χ1v) is 7.34. The van der Waals surface area contributed by atoms with Crippen LogP contribution in [-0.4, -0.2) is 37.6 Å². The van der Waals surface area contributed by atoms with E-state index in [1.54, 1.807) is 0 Å². The molecule has 1 fully saturated rings. The topological polar surface area (TPSA) is 15.3 Å². The van der Waals surface area contributed by atoms with Crippen LogP contribution < -0.4 is 5.32 Å². The van der Waals surface area contributed by atoms with Gasteiger partial charge in [0, 0.05) is 0 Å². The molecule has 2 rings (SSSR count). The number of nitrogens with one attached hydrogen (secondary N) is 1. The van der Waals surface area contributed by atoms with Crippen molar-refractivity contribution in [2.75, 3.05) is 32.7 Å². The average molecular weight is 246 g/mol. The molecule has 1 aromatic rings. The second-order valence-corrected chi connectivity index (χ2v) is 5.33. The van der Waals surface area contributed by atoms with E-state index in [-0.39, 0.29) is 0 Å². The van der Waals surface area contributed by atoms with Gasteiger partial charge in [0.2, 0.25) is 0 Å². The van der Waals surface area contributed by atoms with E-state index in [9.17, 15) is 0 Å². The van der Waals surface area contributed by atoms with E-state index in [1.165, 1.54) is 50.0 Å². The van der Waals surface area contributed by atoms with Crippen molar-refractivity contribution in [3.63, 3.8) is 0 Å². The molecule has 1 aromatic carbocycles. The van der Waals surface area contributed by atoms with Gasteiger partial charge in [-0.05, 0) is 76.5 Å². The van der Waals surface area contributed by atoms with E-state index in [2.05, 4.69) is 41.4 Å². The molecule has 0 unspecified atom stereocenters. The van der Waals surface area contributed by atoms with Crippen molar-refractivity contribution in [1.82, 2.24) is 10.2 Å². The third-order valence-electron chi connectivity index (χ3n) is 3.86. The summed E-state index contributed by atoms with van der Waals surface area (Å²) in [5, 5.41) is 3.56. The van der Waals surface area contributed by atoms with Crippen molar-refractivity contribution in [2.45, 2.75) is 32.6 Å². The Morgan fingerprint density at radius 3 is 2.67 bits per heavy atom. The molecular weight excluding hydrogens is 220 g/mol. The van der Waals surface area contributed by atoms with Gasteiger partial charge in [0.25, 0.3) is 0 Å². The number of aryl methyl sites for hydroxylation is 1. The van der Waals surface area contributed by atoms with E-state index < -0.39 is 0 Å². The van der Waals surface area contributed by atoms with Crippen LogP contribution in [0, 0.1) is 6.92 Å². The number of nitrogens with zero attached hydrogens (tertiary/aromatic N) is 1. The highest BCUT2D eigenvalue weighted by Crippen LogP contribution is 2.08. The van der Waals surface area contributed by atoms with Crippen molar-refractivity contribution in [3.8, 4) is 0 Å². The van der Waals surface area contributed by atoms with Gasteiger partial charge in [0.05, 0.1) is 0 Å². The van der Waals surface area contributed by atoms with Crippen LogP contribution in [0.4, 0.5) is 0 Å². The highest BCUT2D eigenvalue weighted by molar-refractivity contribution is 5.25. The number of benzene rings is 1. The fraction of sp³-hybridized carbons (Fsp3) is 0.625. The molecule has 1 aliphatic rings. The Bertz CT molecular complexity index is 343. The zero-order valence-corrected chi connectivity index (χ0v) is 11.6. The van der Waals surface area contributed by atoms with Gasteiger partial charge in [0.15, 0.2) is 0 Å². The standard InChI is InChI=1S/C16H26N2/c1-15-7-2-3-8-16(15)9-11-17-10-6-14-18-12-4-5-13-18/h2-3,7-8,17H,4-6,9-14H2,1H3. The summed E-state index contributed by atoms with van der Waals surface area (Å²) in [6.45, 7) is 8.37. The first-order chi connectivity index (χ1) is 8.86. The number of hydrogen-bond donors (Lipinski definition) is 1. The minimum Gasteiger partial charge on any atom is -0.316 e. The SMILES string of the molecule is Cc1ccccc1CCNCCCN1CCCC1. The third kappa shape index (κ3) is 4.43.